The Balaban J connectivity index is 1.57. The number of anilines is 1. The average Bonchev–Trinajstić information content (AvgIpc) is 3.18. The predicted octanol–water partition coefficient (Wildman–Crippen LogP) is 5.60. The summed E-state index contributed by atoms with van der Waals surface area (Å²) in [6.07, 6.45) is 0. The van der Waals surface area contributed by atoms with Crippen LogP contribution in [-0.4, -0.2) is 53.3 Å². The van der Waals surface area contributed by atoms with Crippen molar-refractivity contribution in [2.75, 3.05) is 37.7 Å². The van der Waals surface area contributed by atoms with Crippen LogP contribution in [0.1, 0.15) is 23.0 Å². The molecular weight excluding hydrogens is 506 g/mol. The molecule has 1 saturated heterocycles. The first-order chi connectivity index (χ1) is 17.1. The van der Waals surface area contributed by atoms with Crippen LogP contribution in [0.2, 0.25) is 0 Å². The van der Waals surface area contributed by atoms with Gasteiger partial charge in [0.25, 0.3) is 0 Å². The maximum atomic E-state index is 13.2. The highest BCUT2D eigenvalue weighted by Gasteiger charge is 2.28. The molecule has 6 nitrogen and oxygen atoms in total. The van der Waals surface area contributed by atoms with Gasteiger partial charge in [0.2, 0.25) is 0 Å². The van der Waals surface area contributed by atoms with Crippen molar-refractivity contribution in [1.82, 2.24) is 9.47 Å². The summed E-state index contributed by atoms with van der Waals surface area (Å²) in [5, 5.41) is 11.1. The van der Waals surface area contributed by atoms with Crippen molar-refractivity contribution in [3.05, 3.63) is 88.5 Å². The number of nitrogens with zero attached hydrogens (tertiary/aromatic N) is 3. The lowest BCUT2D eigenvalue weighted by Gasteiger charge is -2.36. The maximum absolute atomic E-state index is 13.2. The monoisotopic (exact) mass is 533 g/mol. The van der Waals surface area contributed by atoms with Crippen molar-refractivity contribution in [2.24, 2.45) is 0 Å². The fourth-order valence-electron chi connectivity index (χ4n) is 4.82. The van der Waals surface area contributed by atoms with Crippen LogP contribution in [0.15, 0.2) is 77.3 Å². The topological polar surface area (TPSA) is 57.9 Å². The highest BCUT2D eigenvalue weighted by atomic mass is 79.9. The number of phenolic OH excluding ortho intramolecular Hbond substituents is 1. The van der Waals surface area contributed by atoms with Crippen LogP contribution in [0.5, 0.6) is 5.75 Å². The van der Waals surface area contributed by atoms with Gasteiger partial charge in [-0.3, -0.25) is 4.90 Å². The third kappa shape index (κ3) is 4.66. The van der Waals surface area contributed by atoms with E-state index in [9.17, 15) is 9.90 Å². The smallest absolute Gasteiger partial charge is 0.340 e. The lowest BCUT2D eigenvalue weighted by atomic mass is 10.1. The van der Waals surface area contributed by atoms with Gasteiger partial charge in [-0.1, -0.05) is 36.4 Å². The second-order valence-corrected chi connectivity index (χ2v) is 9.49. The van der Waals surface area contributed by atoms with Crippen LogP contribution in [0, 0.1) is 0 Å². The van der Waals surface area contributed by atoms with Gasteiger partial charge in [0.15, 0.2) is 0 Å². The minimum Gasteiger partial charge on any atom is -0.507 e. The molecule has 35 heavy (non-hydrogen) atoms. The molecule has 1 aromatic heterocycles. The van der Waals surface area contributed by atoms with E-state index in [0.29, 0.717) is 22.0 Å². The van der Waals surface area contributed by atoms with Crippen LogP contribution in [0.4, 0.5) is 5.69 Å². The Kier molecular flexibility index (Phi) is 6.79. The number of rotatable bonds is 6. The Hall–Kier alpha value is -3.29. The predicted molar refractivity (Wildman–Crippen MR) is 143 cm³/mol. The molecule has 0 saturated carbocycles. The maximum Gasteiger partial charge on any atom is 0.340 e. The summed E-state index contributed by atoms with van der Waals surface area (Å²) in [7, 11) is 0. The molecule has 1 aliphatic heterocycles. The molecule has 5 rings (SSSR count). The normalized spacial score (nSPS) is 14.4. The number of esters is 1. The van der Waals surface area contributed by atoms with Gasteiger partial charge in [-0.15, -0.1) is 0 Å². The number of hydrogen-bond acceptors (Lipinski definition) is 5. The van der Waals surface area contributed by atoms with Crippen molar-refractivity contribution < 1.29 is 14.6 Å². The van der Waals surface area contributed by atoms with E-state index in [4.69, 9.17) is 4.74 Å². The minimum atomic E-state index is -0.369. The van der Waals surface area contributed by atoms with E-state index in [1.165, 1.54) is 5.69 Å². The highest BCUT2D eigenvalue weighted by Crippen LogP contribution is 2.37. The fourth-order valence-corrected chi connectivity index (χ4v) is 5.15. The van der Waals surface area contributed by atoms with Crippen molar-refractivity contribution in [2.45, 2.75) is 13.5 Å². The Morgan fingerprint density at radius 3 is 2.20 bits per heavy atom. The van der Waals surface area contributed by atoms with E-state index in [2.05, 4.69) is 54.6 Å². The lowest BCUT2D eigenvalue weighted by molar-refractivity contribution is 0.0526. The van der Waals surface area contributed by atoms with E-state index in [1.54, 1.807) is 6.07 Å². The molecule has 0 unspecified atom stereocenters. The van der Waals surface area contributed by atoms with E-state index < -0.39 is 0 Å². The molecule has 1 aliphatic rings. The van der Waals surface area contributed by atoms with Gasteiger partial charge in [-0.2, -0.15) is 0 Å². The van der Waals surface area contributed by atoms with Gasteiger partial charge >= 0.3 is 5.97 Å². The first-order valence-electron chi connectivity index (χ1n) is 11.9. The number of aromatic nitrogens is 1. The van der Waals surface area contributed by atoms with Gasteiger partial charge < -0.3 is 19.3 Å². The number of piperazine rings is 1. The minimum absolute atomic E-state index is 0.0938. The molecule has 4 aromatic rings. The van der Waals surface area contributed by atoms with Crippen LogP contribution in [0.25, 0.3) is 16.6 Å². The van der Waals surface area contributed by atoms with E-state index in [1.807, 2.05) is 49.4 Å². The van der Waals surface area contributed by atoms with Gasteiger partial charge in [0, 0.05) is 49.5 Å². The number of halogens is 1. The van der Waals surface area contributed by atoms with Crippen LogP contribution >= 0.6 is 15.9 Å². The number of para-hydroxylation sites is 2. The zero-order valence-electron chi connectivity index (χ0n) is 19.7. The SMILES string of the molecule is CCOC(=O)c1c(CN2CCN(c3ccccc3)CC2)n(-c2ccccc2)c2cc(Br)c(O)cc12. The molecule has 2 heterocycles. The molecule has 7 heteroatoms. The van der Waals surface area contributed by atoms with E-state index in [-0.39, 0.29) is 18.3 Å². The van der Waals surface area contributed by atoms with Crippen molar-refractivity contribution in [1.29, 1.82) is 0 Å². The zero-order chi connectivity index (χ0) is 24.4. The van der Waals surface area contributed by atoms with Crippen molar-refractivity contribution in [3.63, 3.8) is 0 Å². The Bertz CT molecular complexity index is 1330. The quantitative estimate of drug-likeness (QED) is 0.327. The molecule has 0 spiro atoms. The first-order valence-corrected chi connectivity index (χ1v) is 12.7. The zero-order valence-corrected chi connectivity index (χ0v) is 21.2. The highest BCUT2D eigenvalue weighted by molar-refractivity contribution is 9.10. The molecule has 0 aliphatic carbocycles. The number of carbonyl (C=O) groups excluding carboxylic acids is 1. The lowest BCUT2D eigenvalue weighted by Crippen LogP contribution is -2.46. The van der Waals surface area contributed by atoms with Crippen LogP contribution in [0.3, 0.4) is 0 Å². The Morgan fingerprint density at radius 2 is 1.57 bits per heavy atom. The standard InChI is InChI=1S/C28H28BrN3O3/c1-2-35-28(34)27-22-17-26(33)23(29)18-24(22)32(21-11-7-4-8-12-21)25(27)19-30-13-15-31(16-14-30)20-9-5-3-6-10-20/h3-12,17-18,33H,2,13-16,19H2,1H3. The van der Waals surface area contributed by atoms with Crippen LogP contribution < -0.4 is 4.90 Å². The second-order valence-electron chi connectivity index (χ2n) is 8.63. The van der Waals surface area contributed by atoms with Crippen molar-refractivity contribution in [3.8, 4) is 11.4 Å². The van der Waals surface area contributed by atoms with E-state index >= 15 is 0 Å². The summed E-state index contributed by atoms with van der Waals surface area (Å²) in [5.41, 5.74) is 4.43. The summed E-state index contributed by atoms with van der Waals surface area (Å²) in [6.45, 7) is 6.27. The molecule has 0 bridgehead atoms. The molecular formula is C28H28BrN3O3. The number of aromatic hydroxyl groups is 1. The number of phenols is 1. The number of carbonyl (C=O) groups is 1. The Labute approximate surface area is 213 Å². The summed E-state index contributed by atoms with van der Waals surface area (Å²) >= 11 is 3.46. The second kappa shape index (κ2) is 10.1. The number of benzene rings is 3. The number of hydrogen-bond donors (Lipinski definition) is 1. The molecule has 1 fully saturated rings. The Morgan fingerprint density at radius 1 is 0.943 bits per heavy atom. The third-order valence-corrected chi connectivity index (χ3v) is 7.13. The third-order valence-electron chi connectivity index (χ3n) is 6.49. The molecule has 180 valence electrons. The molecule has 0 atom stereocenters. The molecule has 1 N–H and O–H groups in total. The number of ether oxygens (including phenoxy) is 1. The van der Waals surface area contributed by atoms with Gasteiger partial charge in [-0.05, 0) is 59.3 Å². The summed E-state index contributed by atoms with van der Waals surface area (Å²) in [5.74, 6) is -0.275. The largest absolute Gasteiger partial charge is 0.507 e. The summed E-state index contributed by atoms with van der Waals surface area (Å²) < 4.78 is 8.19. The fraction of sp³-hybridized carbons (Fsp3) is 0.250. The van der Waals surface area contributed by atoms with Gasteiger partial charge in [-0.25, -0.2) is 4.79 Å². The molecule has 3 aromatic carbocycles. The molecule has 0 radical (unpaired) electrons. The van der Waals surface area contributed by atoms with Gasteiger partial charge in [0.1, 0.15) is 5.75 Å². The summed E-state index contributed by atoms with van der Waals surface area (Å²) in [4.78, 5) is 18.0. The first kappa shape index (κ1) is 23.5. The summed E-state index contributed by atoms with van der Waals surface area (Å²) in [6, 6.07) is 24.0. The van der Waals surface area contributed by atoms with E-state index in [0.717, 1.165) is 43.1 Å². The number of fused-ring (bicyclic) bond motifs is 1. The average molecular weight is 534 g/mol. The van der Waals surface area contributed by atoms with Crippen molar-refractivity contribution >= 4 is 38.5 Å². The molecule has 0 amide bonds. The van der Waals surface area contributed by atoms with Crippen LogP contribution in [-0.2, 0) is 11.3 Å². The van der Waals surface area contributed by atoms with Gasteiger partial charge in [0.05, 0.1) is 27.9 Å².